The molecular weight excluding hydrogens is 548 g/mol. The Bertz CT molecular complexity index is 1550. The van der Waals surface area contributed by atoms with Gasteiger partial charge in [-0.05, 0) is 63.1 Å². The molecule has 2 aliphatic carbocycles. The van der Waals surface area contributed by atoms with Crippen LogP contribution < -0.4 is 4.90 Å². The van der Waals surface area contributed by atoms with E-state index in [0.717, 1.165) is 5.57 Å². The molecule has 2 aromatic carbocycles. The number of carbonyl (C=O) groups excluding carboxylic acids is 4. The second-order valence-corrected chi connectivity index (χ2v) is 12.5. The molecule has 9 nitrogen and oxygen atoms in total. The van der Waals surface area contributed by atoms with Crippen molar-refractivity contribution < 1.29 is 34.2 Å². The number of phenols is 1. The van der Waals surface area contributed by atoms with Crippen molar-refractivity contribution in [1.82, 2.24) is 4.90 Å². The number of phenolic OH excluding ortho intramolecular Hbond substituents is 1. The van der Waals surface area contributed by atoms with E-state index in [1.807, 2.05) is 25.1 Å². The van der Waals surface area contributed by atoms with E-state index in [9.17, 15) is 29.1 Å². The standard InChI is InChI=1S/C34H36N2O7/c1-19-10-9-13-23(29(19)39)28-21-15-16-22-27(32(42)35(30(22)40)17-8-4-7-14-26(37)38)24(21)18-25-31(41)36(33(43)34(25,28)2)20-11-5-3-6-12-20/h3,5-6,9-13,15,22,24-25,27-28,39H,4,7-8,14,16-18H2,1-2H3,(H,37,38). The normalized spacial score (nSPS) is 29.8. The topological polar surface area (TPSA) is 132 Å². The Morgan fingerprint density at radius 1 is 0.930 bits per heavy atom. The van der Waals surface area contributed by atoms with Gasteiger partial charge in [0.25, 0.3) is 0 Å². The molecule has 2 saturated heterocycles. The Kier molecular flexibility index (Phi) is 7.22. The number of hydrogen-bond donors (Lipinski definition) is 2. The minimum absolute atomic E-state index is 0.0442. The number of likely N-dealkylation sites (tertiary alicyclic amines) is 1. The number of benzene rings is 2. The molecule has 2 aliphatic heterocycles. The minimum atomic E-state index is -1.21. The fourth-order valence-corrected chi connectivity index (χ4v) is 8.11. The van der Waals surface area contributed by atoms with Crippen LogP contribution in [0.5, 0.6) is 5.75 Å². The Balaban J connectivity index is 1.39. The lowest BCUT2D eigenvalue weighted by Gasteiger charge is -2.49. The van der Waals surface area contributed by atoms with Gasteiger partial charge >= 0.3 is 5.97 Å². The first-order valence-electron chi connectivity index (χ1n) is 15.1. The second kappa shape index (κ2) is 10.8. The molecule has 4 amide bonds. The average Bonchev–Trinajstić information content (AvgIpc) is 3.34. The zero-order valence-electron chi connectivity index (χ0n) is 24.4. The van der Waals surface area contributed by atoms with E-state index in [1.165, 1.54) is 9.80 Å². The van der Waals surface area contributed by atoms with Crippen LogP contribution in [0.2, 0.25) is 0 Å². The summed E-state index contributed by atoms with van der Waals surface area (Å²) in [5.41, 5.74) is 1.30. The lowest BCUT2D eigenvalue weighted by molar-refractivity contribution is -0.141. The van der Waals surface area contributed by atoms with E-state index in [2.05, 4.69) is 0 Å². The number of carboxylic acid groups (broad SMARTS) is 1. The highest BCUT2D eigenvalue weighted by Crippen LogP contribution is 2.64. The summed E-state index contributed by atoms with van der Waals surface area (Å²) in [5.74, 6) is -5.02. The predicted molar refractivity (Wildman–Crippen MR) is 157 cm³/mol. The van der Waals surface area contributed by atoms with Gasteiger partial charge in [-0.3, -0.25) is 28.9 Å². The highest BCUT2D eigenvalue weighted by atomic mass is 16.4. The number of anilines is 1. The molecule has 3 fully saturated rings. The number of carbonyl (C=O) groups is 5. The number of allylic oxidation sites excluding steroid dienone is 2. The molecule has 9 heteroatoms. The number of amides is 4. The maximum atomic E-state index is 14.4. The Hall–Kier alpha value is -4.27. The molecule has 6 unspecified atom stereocenters. The molecule has 6 atom stereocenters. The summed E-state index contributed by atoms with van der Waals surface area (Å²) in [5, 5.41) is 20.2. The fraction of sp³-hybridized carbons (Fsp3) is 0.441. The van der Waals surface area contributed by atoms with E-state index in [1.54, 1.807) is 43.3 Å². The molecule has 0 spiro atoms. The summed E-state index contributed by atoms with van der Waals surface area (Å²) in [4.78, 5) is 69.3. The van der Waals surface area contributed by atoms with Crippen molar-refractivity contribution in [3.05, 3.63) is 71.3 Å². The molecule has 2 aromatic rings. The molecule has 43 heavy (non-hydrogen) atoms. The van der Waals surface area contributed by atoms with Gasteiger partial charge in [-0.1, -0.05) is 54.5 Å². The van der Waals surface area contributed by atoms with Crippen molar-refractivity contribution >= 4 is 35.3 Å². The number of para-hydroxylation sites is 2. The van der Waals surface area contributed by atoms with Crippen LogP contribution in [0, 0.1) is 36.0 Å². The largest absolute Gasteiger partial charge is 0.507 e. The SMILES string of the molecule is Cc1cccc(C2C3=CCC4C(=O)N(CCCCCC(=O)O)C(=O)C4C3CC3C(=O)N(c4ccccc4)C(=O)C32C)c1O. The molecule has 4 aliphatic rings. The van der Waals surface area contributed by atoms with Crippen molar-refractivity contribution in [2.24, 2.45) is 29.1 Å². The van der Waals surface area contributed by atoms with E-state index in [-0.39, 0.29) is 48.8 Å². The van der Waals surface area contributed by atoms with Crippen LogP contribution in [0.25, 0.3) is 0 Å². The first-order valence-corrected chi connectivity index (χ1v) is 15.1. The summed E-state index contributed by atoms with van der Waals surface area (Å²) in [7, 11) is 0. The Morgan fingerprint density at radius 2 is 1.67 bits per heavy atom. The van der Waals surface area contributed by atoms with Gasteiger partial charge in [0, 0.05) is 24.4 Å². The number of aromatic hydroxyl groups is 1. The zero-order valence-corrected chi connectivity index (χ0v) is 24.4. The monoisotopic (exact) mass is 584 g/mol. The van der Waals surface area contributed by atoms with Gasteiger partial charge in [0.15, 0.2) is 0 Å². The van der Waals surface area contributed by atoms with Crippen molar-refractivity contribution in [2.75, 3.05) is 11.4 Å². The molecule has 1 saturated carbocycles. The smallest absolute Gasteiger partial charge is 0.303 e. The van der Waals surface area contributed by atoms with Crippen molar-refractivity contribution in [1.29, 1.82) is 0 Å². The van der Waals surface area contributed by atoms with E-state index in [4.69, 9.17) is 5.11 Å². The summed E-state index contributed by atoms with van der Waals surface area (Å²) in [6, 6.07) is 14.2. The van der Waals surface area contributed by atoms with Gasteiger partial charge in [0.05, 0.1) is 28.9 Å². The quantitative estimate of drug-likeness (QED) is 0.264. The average molecular weight is 585 g/mol. The van der Waals surface area contributed by atoms with Crippen LogP contribution >= 0.6 is 0 Å². The van der Waals surface area contributed by atoms with Crippen LogP contribution in [-0.2, 0) is 24.0 Å². The maximum Gasteiger partial charge on any atom is 0.303 e. The first kappa shape index (κ1) is 28.8. The fourth-order valence-electron chi connectivity index (χ4n) is 8.11. The van der Waals surface area contributed by atoms with Crippen molar-refractivity contribution in [3.63, 3.8) is 0 Å². The molecule has 0 radical (unpaired) electrons. The van der Waals surface area contributed by atoms with Crippen LogP contribution in [0.4, 0.5) is 5.69 Å². The number of fused-ring (bicyclic) bond motifs is 4. The van der Waals surface area contributed by atoms with Crippen molar-refractivity contribution in [2.45, 2.75) is 58.3 Å². The zero-order chi connectivity index (χ0) is 30.6. The second-order valence-electron chi connectivity index (χ2n) is 12.5. The van der Waals surface area contributed by atoms with E-state index < -0.39 is 41.0 Å². The molecule has 224 valence electrons. The van der Waals surface area contributed by atoms with Gasteiger partial charge in [0.1, 0.15) is 5.75 Å². The van der Waals surface area contributed by atoms with Crippen LogP contribution in [0.3, 0.4) is 0 Å². The third kappa shape index (κ3) is 4.39. The lowest BCUT2D eigenvalue weighted by atomic mass is 9.51. The molecule has 2 N–H and O–H groups in total. The highest BCUT2D eigenvalue weighted by molar-refractivity contribution is 6.24. The number of aryl methyl sites for hydroxylation is 1. The van der Waals surface area contributed by atoms with Crippen LogP contribution in [0.1, 0.15) is 62.5 Å². The summed E-state index contributed by atoms with van der Waals surface area (Å²) >= 11 is 0. The summed E-state index contributed by atoms with van der Waals surface area (Å²) in [6.07, 6.45) is 4.20. The number of rotatable bonds is 8. The third-order valence-corrected chi connectivity index (χ3v) is 10.2. The number of carboxylic acids is 1. The minimum Gasteiger partial charge on any atom is -0.507 e. The lowest BCUT2D eigenvalue weighted by Crippen LogP contribution is -2.49. The molecule has 0 bridgehead atoms. The highest BCUT2D eigenvalue weighted by Gasteiger charge is 2.67. The maximum absolute atomic E-state index is 14.4. The molecule has 6 rings (SSSR count). The molecule has 2 heterocycles. The number of unbranched alkanes of at least 4 members (excludes halogenated alkanes) is 2. The summed E-state index contributed by atoms with van der Waals surface area (Å²) in [6.45, 7) is 3.83. The van der Waals surface area contributed by atoms with E-state index in [0.29, 0.717) is 42.5 Å². The van der Waals surface area contributed by atoms with Crippen LogP contribution in [-0.4, -0.2) is 51.3 Å². The van der Waals surface area contributed by atoms with Crippen LogP contribution in [0.15, 0.2) is 60.2 Å². The Labute approximate surface area is 250 Å². The van der Waals surface area contributed by atoms with Gasteiger partial charge in [-0.2, -0.15) is 0 Å². The first-order chi connectivity index (χ1) is 20.6. The van der Waals surface area contributed by atoms with E-state index >= 15 is 0 Å². The summed E-state index contributed by atoms with van der Waals surface area (Å²) < 4.78 is 0. The van der Waals surface area contributed by atoms with Gasteiger partial charge in [-0.15, -0.1) is 0 Å². The molecule has 0 aromatic heterocycles. The van der Waals surface area contributed by atoms with Gasteiger partial charge < -0.3 is 10.2 Å². The number of aliphatic carboxylic acids is 1. The number of imide groups is 2. The molecular formula is C34H36N2O7. The number of hydrogen-bond acceptors (Lipinski definition) is 6. The van der Waals surface area contributed by atoms with Gasteiger partial charge in [-0.25, -0.2) is 4.90 Å². The van der Waals surface area contributed by atoms with Crippen molar-refractivity contribution in [3.8, 4) is 5.75 Å². The third-order valence-electron chi connectivity index (χ3n) is 10.2. The predicted octanol–water partition coefficient (Wildman–Crippen LogP) is 4.58. The number of nitrogens with zero attached hydrogens (tertiary/aromatic N) is 2. The Morgan fingerprint density at radius 3 is 2.40 bits per heavy atom. The van der Waals surface area contributed by atoms with Gasteiger partial charge in [0.2, 0.25) is 23.6 Å².